The molecule has 0 radical (unpaired) electrons. The van der Waals surface area contributed by atoms with Crippen LogP contribution in [0.1, 0.15) is 15.9 Å². The van der Waals surface area contributed by atoms with Crippen molar-refractivity contribution in [3.63, 3.8) is 0 Å². The number of anilines is 1. The number of rotatable bonds is 6. The summed E-state index contributed by atoms with van der Waals surface area (Å²) in [6.07, 6.45) is 1.69. The van der Waals surface area contributed by atoms with E-state index in [1.807, 2.05) is 25.1 Å². The molecule has 2 aromatic rings. The Bertz CT molecular complexity index is 864. The average Bonchev–Trinajstić information content (AvgIpc) is 2.59. The van der Waals surface area contributed by atoms with E-state index in [9.17, 15) is 13.2 Å². The molecule has 0 spiro atoms. The van der Waals surface area contributed by atoms with Gasteiger partial charge in [-0.3, -0.25) is 4.79 Å². The number of hydrogen-bond acceptors (Lipinski definition) is 5. The second kappa shape index (κ2) is 7.62. The largest absolute Gasteiger partial charge is 0.362 e. The van der Waals surface area contributed by atoms with Crippen LogP contribution in [0.15, 0.2) is 47.5 Å². The maximum atomic E-state index is 12.4. The van der Waals surface area contributed by atoms with Gasteiger partial charge in [0.15, 0.2) is 0 Å². The van der Waals surface area contributed by atoms with Crippen molar-refractivity contribution in [3.8, 4) is 0 Å². The van der Waals surface area contributed by atoms with Crippen molar-refractivity contribution in [1.82, 2.24) is 14.6 Å². The molecule has 8 heteroatoms. The van der Waals surface area contributed by atoms with E-state index < -0.39 is 10.0 Å². The van der Waals surface area contributed by atoms with Gasteiger partial charge < -0.3 is 10.2 Å². The van der Waals surface area contributed by atoms with Crippen LogP contribution in [0.2, 0.25) is 0 Å². The number of carbonyl (C=O) groups is 1. The Morgan fingerprint density at radius 1 is 1.12 bits per heavy atom. The Labute approximate surface area is 148 Å². The van der Waals surface area contributed by atoms with Crippen LogP contribution in [-0.2, 0) is 16.6 Å². The molecule has 0 aliphatic carbocycles. The maximum Gasteiger partial charge on any atom is 0.251 e. The monoisotopic (exact) mass is 362 g/mol. The van der Waals surface area contributed by atoms with Crippen molar-refractivity contribution in [3.05, 3.63) is 53.7 Å². The van der Waals surface area contributed by atoms with Crippen LogP contribution >= 0.6 is 0 Å². The first-order valence-corrected chi connectivity index (χ1v) is 9.09. The highest BCUT2D eigenvalue weighted by molar-refractivity contribution is 7.89. The van der Waals surface area contributed by atoms with Gasteiger partial charge in [-0.2, -0.15) is 0 Å². The van der Waals surface area contributed by atoms with E-state index in [0.717, 1.165) is 15.7 Å². The van der Waals surface area contributed by atoms with Crippen molar-refractivity contribution >= 4 is 21.7 Å². The predicted molar refractivity (Wildman–Crippen MR) is 97.0 cm³/mol. The number of amides is 1. The number of benzene rings is 1. The van der Waals surface area contributed by atoms with Gasteiger partial charge in [-0.05, 0) is 24.3 Å². The molecule has 0 atom stereocenters. The van der Waals surface area contributed by atoms with Crippen LogP contribution in [-0.4, -0.2) is 51.8 Å². The number of pyridine rings is 1. The lowest BCUT2D eigenvalue weighted by atomic mass is 10.2. The number of aromatic nitrogens is 1. The molecule has 1 heterocycles. The molecule has 2 rings (SSSR count). The molecule has 1 amide bonds. The molecule has 25 heavy (non-hydrogen) atoms. The molecule has 1 aromatic carbocycles. The summed E-state index contributed by atoms with van der Waals surface area (Å²) >= 11 is 0. The van der Waals surface area contributed by atoms with E-state index in [1.54, 1.807) is 24.4 Å². The molecule has 1 N–H and O–H groups in total. The summed E-state index contributed by atoms with van der Waals surface area (Å²) in [6.45, 7) is 0.296. The molecule has 0 aliphatic heterocycles. The highest BCUT2D eigenvalue weighted by Gasteiger charge is 2.18. The molecule has 0 saturated carbocycles. The standard InChI is InChI=1S/C17H22N4O3S/c1-20(2)16-14(8-6-10-18-16)12-19-17(22)13-7-5-9-15(11-13)25(23,24)21(3)4/h5-11H,12H2,1-4H3,(H,19,22). The van der Waals surface area contributed by atoms with E-state index in [4.69, 9.17) is 0 Å². The van der Waals surface area contributed by atoms with Crippen molar-refractivity contribution < 1.29 is 13.2 Å². The Kier molecular flexibility index (Phi) is 5.76. The normalized spacial score (nSPS) is 11.4. The first-order chi connectivity index (χ1) is 11.7. The Balaban J connectivity index is 2.18. The fourth-order valence-corrected chi connectivity index (χ4v) is 3.21. The fraction of sp³-hybridized carbons (Fsp3) is 0.294. The molecule has 0 fully saturated rings. The van der Waals surface area contributed by atoms with Gasteiger partial charge in [0, 0.05) is 52.1 Å². The molecule has 0 bridgehead atoms. The number of hydrogen-bond donors (Lipinski definition) is 1. The predicted octanol–water partition coefficient (Wildman–Crippen LogP) is 1.33. The topological polar surface area (TPSA) is 82.6 Å². The molecule has 1 aromatic heterocycles. The summed E-state index contributed by atoms with van der Waals surface area (Å²) in [5, 5.41) is 2.80. The van der Waals surface area contributed by atoms with Gasteiger partial charge in [0.05, 0.1) is 4.90 Å². The smallest absolute Gasteiger partial charge is 0.251 e. The molecule has 0 saturated heterocycles. The fourth-order valence-electron chi connectivity index (χ4n) is 2.26. The van der Waals surface area contributed by atoms with Crippen molar-refractivity contribution in [2.45, 2.75) is 11.4 Å². The lowest BCUT2D eigenvalue weighted by Crippen LogP contribution is -2.26. The van der Waals surface area contributed by atoms with Crippen molar-refractivity contribution in [2.24, 2.45) is 0 Å². The van der Waals surface area contributed by atoms with Gasteiger partial charge >= 0.3 is 0 Å². The highest BCUT2D eigenvalue weighted by Crippen LogP contribution is 2.16. The van der Waals surface area contributed by atoms with Gasteiger partial charge in [-0.25, -0.2) is 17.7 Å². The van der Waals surface area contributed by atoms with Crippen LogP contribution in [0.25, 0.3) is 0 Å². The zero-order chi connectivity index (χ0) is 18.6. The van der Waals surface area contributed by atoms with Crippen LogP contribution in [0.3, 0.4) is 0 Å². The van der Waals surface area contributed by atoms with E-state index in [2.05, 4.69) is 10.3 Å². The van der Waals surface area contributed by atoms with E-state index in [0.29, 0.717) is 12.1 Å². The van der Waals surface area contributed by atoms with E-state index in [-0.39, 0.29) is 10.8 Å². The average molecular weight is 362 g/mol. The van der Waals surface area contributed by atoms with Crippen LogP contribution in [0.5, 0.6) is 0 Å². The first-order valence-electron chi connectivity index (χ1n) is 7.65. The number of nitrogens with one attached hydrogen (secondary N) is 1. The van der Waals surface area contributed by atoms with Crippen LogP contribution in [0, 0.1) is 0 Å². The lowest BCUT2D eigenvalue weighted by molar-refractivity contribution is 0.0950. The second-order valence-electron chi connectivity index (χ2n) is 5.88. The summed E-state index contributed by atoms with van der Waals surface area (Å²) in [5.41, 5.74) is 1.16. The molecule has 0 unspecified atom stereocenters. The Morgan fingerprint density at radius 2 is 1.84 bits per heavy atom. The Morgan fingerprint density at radius 3 is 2.48 bits per heavy atom. The lowest BCUT2D eigenvalue weighted by Gasteiger charge is -2.16. The summed E-state index contributed by atoms with van der Waals surface area (Å²) < 4.78 is 25.5. The maximum absolute atomic E-state index is 12.4. The minimum absolute atomic E-state index is 0.0838. The summed E-state index contributed by atoms with van der Waals surface area (Å²) in [5.74, 6) is 0.427. The third kappa shape index (κ3) is 4.34. The zero-order valence-electron chi connectivity index (χ0n) is 14.7. The number of carbonyl (C=O) groups excluding carboxylic acids is 1. The van der Waals surface area contributed by atoms with Crippen molar-refractivity contribution in [2.75, 3.05) is 33.1 Å². The third-order valence-corrected chi connectivity index (χ3v) is 5.42. The second-order valence-corrected chi connectivity index (χ2v) is 8.03. The quantitative estimate of drug-likeness (QED) is 0.838. The number of nitrogens with zero attached hydrogens (tertiary/aromatic N) is 3. The first kappa shape index (κ1) is 18.9. The van der Waals surface area contributed by atoms with Gasteiger partial charge in [0.2, 0.25) is 10.0 Å². The van der Waals surface area contributed by atoms with Gasteiger partial charge in [-0.1, -0.05) is 12.1 Å². The Hall–Kier alpha value is -2.45. The summed E-state index contributed by atoms with van der Waals surface area (Å²) in [7, 11) is 3.08. The molecular formula is C17H22N4O3S. The van der Waals surface area contributed by atoms with Crippen molar-refractivity contribution in [1.29, 1.82) is 0 Å². The highest BCUT2D eigenvalue weighted by atomic mass is 32.2. The van der Waals surface area contributed by atoms with Gasteiger partial charge in [0.25, 0.3) is 5.91 Å². The summed E-state index contributed by atoms with van der Waals surface area (Å²) in [6, 6.07) is 9.67. The number of sulfonamides is 1. The minimum Gasteiger partial charge on any atom is -0.362 e. The van der Waals surface area contributed by atoms with Crippen LogP contribution in [0.4, 0.5) is 5.82 Å². The van der Waals surface area contributed by atoms with Crippen LogP contribution < -0.4 is 10.2 Å². The molecule has 7 nitrogen and oxygen atoms in total. The minimum atomic E-state index is -3.58. The van der Waals surface area contributed by atoms with E-state index in [1.165, 1.54) is 26.2 Å². The molecule has 0 aliphatic rings. The summed E-state index contributed by atoms with van der Waals surface area (Å²) in [4.78, 5) is 18.6. The van der Waals surface area contributed by atoms with Gasteiger partial charge in [-0.15, -0.1) is 0 Å². The molecular weight excluding hydrogens is 340 g/mol. The third-order valence-electron chi connectivity index (χ3n) is 3.61. The molecule has 134 valence electrons. The van der Waals surface area contributed by atoms with Gasteiger partial charge in [0.1, 0.15) is 5.82 Å². The SMILES string of the molecule is CN(C)c1ncccc1CNC(=O)c1cccc(S(=O)(=O)N(C)C)c1. The zero-order valence-corrected chi connectivity index (χ0v) is 15.5. The van der Waals surface area contributed by atoms with E-state index >= 15 is 0 Å².